The Morgan fingerprint density at radius 1 is 1.07 bits per heavy atom. The Labute approximate surface area is 165 Å². The molecule has 0 aliphatic carbocycles. The maximum absolute atomic E-state index is 13.4. The van der Waals surface area contributed by atoms with Crippen LogP contribution in [0.3, 0.4) is 0 Å². The van der Waals surface area contributed by atoms with Gasteiger partial charge in [-0.15, -0.1) is 0 Å². The van der Waals surface area contributed by atoms with Crippen LogP contribution in [0.1, 0.15) is 18.4 Å². The SMILES string of the molecule is COc1ccc(CCNC(=O)CCCOc2ccc(F)cc2F)cc1OC(F)F. The summed E-state index contributed by atoms with van der Waals surface area (Å²) in [4.78, 5) is 11.8. The van der Waals surface area contributed by atoms with Crippen molar-refractivity contribution in [2.75, 3.05) is 20.3 Å². The Kier molecular flexibility index (Phi) is 8.57. The first-order chi connectivity index (χ1) is 13.9. The van der Waals surface area contributed by atoms with E-state index in [-0.39, 0.29) is 36.2 Å². The molecule has 0 spiro atoms. The van der Waals surface area contributed by atoms with Gasteiger partial charge in [-0.05, 0) is 42.7 Å². The van der Waals surface area contributed by atoms with E-state index in [1.54, 1.807) is 6.07 Å². The molecule has 1 amide bonds. The van der Waals surface area contributed by atoms with E-state index >= 15 is 0 Å². The van der Waals surface area contributed by atoms with Crippen molar-refractivity contribution < 1.29 is 36.6 Å². The van der Waals surface area contributed by atoms with Crippen molar-refractivity contribution >= 4 is 5.91 Å². The normalized spacial score (nSPS) is 10.7. The summed E-state index contributed by atoms with van der Waals surface area (Å²) in [7, 11) is 1.35. The highest BCUT2D eigenvalue weighted by molar-refractivity contribution is 5.75. The van der Waals surface area contributed by atoms with Gasteiger partial charge in [-0.25, -0.2) is 8.78 Å². The number of hydrogen-bond donors (Lipinski definition) is 1. The molecule has 0 saturated carbocycles. The van der Waals surface area contributed by atoms with E-state index in [9.17, 15) is 22.4 Å². The summed E-state index contributed by atoms with van der Waals surface area (Å²) in [5.41, 5.74) is 0.692. The Hall–Kier alpha value is -2.97. The van der Waals surface area contributed by atoms with E-state index in [2.05, 4.69) is 10.1 Å². The molecule has 0 atom stereocenters. The lowest BCUT2D eigenvalue weighted by Crippen LogP contribution is -2.25. The van der Waals surface area contributed by atoms with Gasteiger partial charge in [0.05, 0.1) is 13.7 Å². The number of benzene rings is 2. The number of halogens is 4. The number of carbonyl (C=O) groups is 1. The summed E-state index contributed by atoms with van der Waals surface area (Å²) in [6.07, 6.45) is 0.912. The first-order valence-corrected chi connectivity index (χ1v) is 8.85. The summed E-state index contributed by atoms with van der Waals surface area (Å²) in [6, 6.07) is 7.63. The van der Waals surface area contributed by atoms with Gasteiger partial charge in [0, 0.05) is 19.0 Å². The fourth-order valence-electron chi connectivity index (χ4n) is 2.51. The maximum atomic E-state index is 13.4. The van der Waals surface area contributed by atoms with Crippen molar-refractivity contribution in [3.05, 3.63) is 53.6 Å². The molecular formula is C20H21F4NO4. The molecule has 158 valence electrons. The van der Waals surface area contributed by atoms with E-state index in [1.165, 1.54) is 25.3 Å². The molecule has 0 bridgehead atoms. The minimum atomic E-state index is -2.97. The number of amides is 1. The van der Waals surface area contributed by atoms with Crippen LogP contribution in [0.25, 0.3) is 0 Å². The Morgan fingerprint density at radius 3 is 2.52 bits per heavy atom. The van der Waals surface area contributed by atoms with Crippen LogP contribution in [0.15, 0.2) is 36.4 Å². The molecule has 0 heterocycles. The third-order valence-electron chi connectivity index (χ3n) is 3.88. The number of rotatable bonds is 11. The highest BCUT2D eigenvalue weighted by atomic mass is 19.3. The fourth-order valence-corrected chi connectivity index (χ4v) is 2.51. The minimum Gasteiger partial charge on any atom is -0.493 e. The minimum absolute atomic E-state index is 0.0727. The van der Waals surface area contributed by atoms with Crippen LogP contribution in [-0.2, 0) is 11.2 Å². The molecular weight excluding hydrogens is 394 g/mol. The van der Waals surface area contributed by atoms with E-state index in [4.69, 9.17) is 9.47 Å². The second-order valence-electron chi connectivity index (χ2n) is 5.99. The molecule has 2 aromatic rings. The summed E-state index contributed by atoms with van der Waals surface area (Å²) < 4.78 is 65.6. The molecule has 2 aromatic carbocycles. The number of hydrogen-bond acceptors (Lipinski definition) is 4. The number of nitrogens with one attached hydrogen (secondary N) is 1. The second kappa shape index (κ2) is 11.1. The fraction of sp³-hybridized carbons (Fsp3) is 0.350. The van der Waals surface area contributed by atoms with Gasteiger partial charge in [0.2, 0.25) is 5.91 Å². The maximum Gasteiger partial charge on any atom is 0.387 e. The standard InChI is InChI=1S/C20H21F4NO4/c1-27-17-6-4-13(11-18(17)29-20(23)24)8-9-25-19(26)3-2-10-28-16-7-5-14(21)12-15(16)22/h4-7,11-12,20H,2-3,8-10H2,1H3,(H,25,26). The van der Waals surface area contributed by atoms with E-state index in [0.717, 1.165) is 12.1 Å². The van der Waals surface area contributed by atoms with Gasteiger partial charge in [0.15, 0.2) is 23.1 Å². The zero-order chi connectivity index (χ0) is 21.2. The van der Waals surface area contributed by atoms with Crippen LogP contribution in [-0.4, -0.2) is 32.8 Å². The van der Waals surface area contributed by atoms with Crippen LogP contribution in [0.2, 0.25) is 0 Å². The van der Waals surface area contributed by atoms with Gasteiger partial charge in [-0.1, -0.05) is 6.07 Å². The van der Waals surface area contributed by atoms with Gasteiger partial charge in [0.1, 0.15) is 5.82 Å². The number of carbonyl (C=O) groups excluding carboxylic acids is 1. The van der Waals surface area contributed by atoms with Crippen LogP contribution < -0.4 is 19.5 Å². The predicted octanol–water partition coefficient (Wildman–Crippen LogP) is 4.09. The smallest absolute Gasteiger partial charge is 0.387 e. The monoisotopic (exact) mass is 415 g/mol. The average molecular weight is 415 g/mol. The van der Waals surface area contributed by atoms with Gasteiger partial charge < -0.3 is 19.5 Å². The highest BCUT2D eigenvalue weighted by Crippen LogP contribution is 2.29. The van der Waals surface area contributed by atoms with Crippen molar-refractivity contribution in [3.8, 4) is 17.2 Å². The first-order valence-electron chi connectivity index (χ1n) is 8.85. The largest absolute Gasteiger partial charge is 0.493 e. The Morgan fingerprint density at radius 2 is 1.83 bits per heavy atom. The number of alkyl halides is 2. The van der Waals surface area contributed by atoms with Gasteiger partial charge in [-0.2, -0.15) is 8.78 Å². The molecule has 0 aliphatic heterocycles. The van der Waals surface area contributed by atoms with Crippen LogP contribution in [0, 0.1) is 11.6 Å². The summed E-state index contributed by atoms with van der Waals surface area (Å²) >= 11 is 0. The zero-order valence-corrected chi connectivity index (χ0v) is 15.7. The highest BCUT2D eigenvalue weighted by Gasteiger charge is 2.11. The zero-order valence-electron chi connectivity index (χ0n) is 15.7. The van der Waals surface area contributed by atoms with Crippen LogP contribution >= 0.6 is 0 Å². The van der Waals surface area contributed by atoms with E-state index in [1.807, 2.05) is 0 Å². The molecule has 29 heavy (non-hydrogen) atoms. The molecule has 9 heteroatoms. The quantitative estimate of drug-likeness (QED) is 0.444. The van der Waals surface area contributed by atoms with Crippen LogP contribution in [0.4, 0.5) is 17.6 Å². The topological polar surface area (TPSA) is 56.8 Å². The molecule has 0 unspecified atom stereocenters. The van der Waals surface area contributed by atoms with E-state index < -0.39 is 18.2 Å². The van der Waals surface area contributed by atoms with Crippen molar-refractivity contribution in [2.24, 2.45) is 0 Å². The third-order valence-corrected chi connectivity index (χ3v) is 3.88. The van der Waals surface area contributed by atoms with Gasteiger partial charge in [-0.3, -0.25) is 4.79 Å². The lowest BCUT2D eigenvalue weighted by atomic mass is 10.1. The number of ether oxygens (including phenoxy) is 3. The lowest BCUT2D eigenvalue weighted by Gasteiger charge is -2.12. The molecule has 5 nitrogen and oxygen atoms in total. The third kappa shape index (κ3) is 7.52. The Bertz CT molecular complexity index is 817. The molecule has 2 rings (SSSR count). The Balaban J connectivity index is 1.70. The molecule has 0 fully saturated rings. The average Bonchev–Trinajstić information content (AvgIpc) is 2.66. The van der Waals surface area contributed by atoms with Crippen molar-refractivity contribution in [3.63, 3.8) is 0 Å². The molecule has 0 aromatic heterocycles. The summed E-state index contributed by atoms with van der Waals surface area (Å²) in [5, 5.41) is 2.70. The predicted molar refractivity (Wildman–Crippen MR) is 97.4 cm³/mol. The molecule has 0 aliphatic rings. The first kappa shape index (κ1) is 22.3. The van der Waals surface area contributed by atoms with Crippen LogP contribution in [0.5, 0.6) is 17.2 Å². The molecule has 0 saturated heterocycles. The lowest BCUT2D eigenvalue weighted by molar-refractivity contribution is -0.121. The van der Waals surface area contributed by atoms with Crippen molar-refractivity contribution in [2.45, 2.75) is 25.9 Å². The van der Waals surface area contributed by atoms with Crippen molar-refractivity contribution in [1.29, 1.82) is 0 Å². The van der Waals surface area contributed by atoms with E-state index in [0.29, 0.717) is 24.9 Å². The number of methoxy groups -OCH3 is 1. The summed E-state index contributed by atoms with van der Waals surface area (Å²) in [6.45, 7) is -2.57. The summed E-state index contributed by atoms with van der Waals surface area (Å²) in [5.74, 6) is -1.69. The molecule has 0 radical (unpaired) electrons. The second-order valence-corrected chi connectivity index (χ2v) is 5.99. The van der Waals surface area contributed by atoms with Gasteiger partial charge >= 0.3 is 6.61 Å². The van der Waals surface area contributed by atoms with Gasteiger partial charge in [0.25, 0.3) is 0 Å². The molecule has 1 N–H and O–H groups in total. The van der Waals surface area contributed by atoms with Crippen molar-refractivity contribution in [1.82, 2.24) is 5.32 Å².